The predicted molar refractivity (Wildman–Crippen MR) is 389 cm³/mol. The van der Waals surface area contributed by atoms with Crippen molar-refractivity contribution in [3.63, 3.8) is 0 Å². The van der Waals surface area contributed by atoms with Crippen molar-refractivity contribution >= 4 is 11.9 Å². The molecule has 0 aromatic carbocycles. The van der Waals surface area contributed by atoms with Crippen molar-refractivity contribution in [2.75, 3.05) is 13.2 Å². The zero-order chi connectivity index (χ0) is 63.5. The lowest BCUT2D eigenvalue weighted by Crippen LogP contribution is -2.45. The quantitative estimate of drug-likeness (QED) is 0.0320. The Morgan fingerprint density at radius 3 is 0.886 bits per heavy atom. The molecule has 0 heterocycles. The molecule has 0 rings (SSSR count). The van der Waals surface area contributed by atoms with E-state index in [2.05, 4.69) is 55.6 Å². The summed E-state index contributed by atoms with van der Waals surface area (Å²) in [6.07, 6.45) is 102. The third-order valence-electron chi connectivity index (χ3n) is 18.6. The molecule has 0 radical (unpaired) electrons. The standard InChI is InChI=1S/C82H155NO5/c1-3-5-7-9-11-13-15-17-19-46-50-54-58-62-66-70-74-80(85)79(78-84)83-81(86)75-71-67-63-59-55-51-47-44-42-40-38-36-34-32-30-28-26-24-22-21-23-25-27-29-31-33-35-37-39-41-43-45-49-53-57-61-65-69-73-77-88-82(87)76-72-68-64-60-56-52-48-20-18-16-14-12-10-8-6-4-2/h14,16,20-22,48,70,74,79-80,84-85H,3-13,15,17-19,23-47,49-69,71-73,75-78H2,1-2H3,(H,83,86)/b16-14-,22-21-,48-20-,74-70+. The monoisotopic (exact) mass is 1230 g/mol. The summed E-state index contributed by atoms with van der Waals surface area (Å²) in [5.74, 6) is -0.0517. The molecule has 518 valence electrons. The SMILES string of the molecule is CCCCCC/C=C\C/C=C\CCCCCCCC(=O)OCCCCCCCCCCCCCCCCCCCC/C=C\CCCCCCCCCCCCCCCCCCCC(=O)NC(CO)C(O)/C=C/CCCCCCCCCCCCCCCC. The maximum absolute atomic E-state index is 12.5. The fourth-order valence-corrected chi connectivity index (χ4v) is 12.5. The molecule has 6 heteroatoms. The van der Waals surface area contributed by atoms with Gasteiger partial charge in [0.1, 0.15) is 0 Å². The van der Waals surface area contributed by atoms with Gasteiger partial charge < -0.3 is 20.3 Å². The fraction of sp³-hybridized carbons (Fsp3) is 0.878. The molecule has 6 nitrogen and oxygen atoms in total. The first kappa shape index (κ1) is 85.8. The van der Waals surface area contributed by atoms with Crippen LogP contribution in [0.3, 0.4) is 0 Å². The van der Waals surface area contributed by atoms with Crippen molar-refractivity contribution in [2.24, 2.45) is 0 Å². The lowest BCUT2D eigenvalue weighted by molar-refractivity contribution is -0.143. The Morgan fingerprint density at radius 1 is 0.318 bits per heavy atom. The highest BCUT2D eigenvalue weighted by molar-refractivity contribution is 5.76. The smallest absolute Gasteiger partial charge is 0.305 e. The van der Waals surface area contributed by atoms with Gasteiger partial charge in [-0.1, -0.05) is 383 Å². The molecule has 0 spiro atoms. The first-order valence-corrected chi connectivity index (χ1v) is 39.9. The van der Waals surface area contributed by atoms with Crippen molar-refractivity contribution in [2.45, 2.75) is 450 Å². The predicted octanol–water partition coefficient (Wildman–Crippen LogP) is 26.4. The Hall–Kier alpha value is -2.18. The van der Waals surface area contributed by atoms with Crippen molar-refractivity contribution in [1.29, 1.82) is 0 Å². The van der Waals surface area contributed by atoms with Gasteiger partial charge in [-0.05, 0) is 89.9 Å². The molecule has 0 fully saturated rings. The molecule has 0 aromatic rings. The lowest BCUT2D eigenvalue weighted by atomic mass is 10.0. The van der Waals surface area contributed by atoms with Crippen LogP contribution in [0.5, 0.6) is 0 Å². The molecular formula is C82H155NO5. The minimum absolute atomic E-state index is 0.00913. The Morgan fingerprint density at radius 2 is 0.568 bits per heavy atom. The van der Waals surface area contributed by atoms with Crippen molar-refractivity contribution in [3.05, 3.63) is 48.6 Å². The third-order valence-corrected chi connectivity index (χ3v) is 18.6. The zero-order valence-electron chi connectivity index (χ0n) is 59.5. The second kappa shape index (κ2) is 77.3. The van der Waals surface area contributed by atoms with Gasteiger partial charge in [0.25, 0.3) is 0 Å². The van der Waals surface area contributed by atoms with E-state index < -0.39 is 12.1 Å². The summed E-state index contributed by atoms with van der Waals surface area (Å²) < 4.78 is 5.50. The maximum Gasteiger partial charge on any atom is 0.305 e. The molecule has 0 saturated carbocycles. The topological polar surface area (TPSA) is 95.9 Å². The van der Waals surface area contributed by atoms with E-state index in [-0.39, 0.29) is 18.5 Å². The molecule has 88 heavy (non-hydrogen) atoms. The van der Waals surface area contributed by atoms with E-state index in [4.69, 9.17) is 4.74 Å². The summed E-state index contributed by atoms with van der Waals surface area (Å²) in [5, 5.41) is 23.2. The van der Waals surface area contributed by atoms with E-state index in [1.54, 1.807) is 6.08 Å². The number of amides is 1. The average molecular weight is 1240 g/mol. The van der Waals surface area contributed by atoms with E-state index in [0.29, 0.717) is 19.4 Å². The van der Waals surface area contributed by atoms with Crippen LogP contribution in [0, 0.1) is 0 Å². The van der Waals surface area contributed by atoms with Gasteiger partial charge in [-0.3, -0.25) is 9.59 Å². The van der Waals surface area contributed by atoms with Gasteiger partial charge in [-0.25, -0.2) is 0 Å². The molecule has 3 N–H and O–H groups in total. The lowest BCUT2D eigenvalue weighted by Gasteiger charge is -2.20. The molecule has 2 atom stereocenters. The fourth-order valence-electron chi connectivity index (χ4n) is 12.5. The highest BCUT2D eigenvalue weighted by Crippen LogP contribution is 2.19. The van der Waals surface area contributed by atoms with Gasteiger partial charge in [-0.2, -0.15) is 0 Å². The van der Waals surface area contributed by atoms with E-state index in [0.717, 1.165) is 51.4 Å². The molecule has 1 amide bonds. The summed E-state index contributed by atoms with van der Waals surface area (Å²) >= 11 is 0. The first-order valence-electron chi connectivity index (χ1n) is 39.9. The molecular weight excluding hydrogens is 1080 g/mol. The van der Waals surface area contributed by atoms with Gasteiger partial charge in [0.15, 0.2) is 0 Å². The average Bonchev–Trinajstić information content (AvgIpc) is 3.58. The second-order valence-electron chi connectivity index (χ2n) is 27.4. The van der Waals surface area contributed by atoms with Crippen LogP contribution in [0.15, 0.2) is 48.6 Å². The van der Waals surface area contributed by atoms with Crippen LogP contribution in [0.4, 0.5) is 0 Å². The van der Waals surface area contributed by atoms with Crippen LogP contribution in [0.2, 0.25) is 0 Å². The van der Waals surface area contributed by atoms with E-state index in [1.165, 1.54) is 360 Å². The highest BCUT2D eigenvalue weighted by atomic mass is 16.5. The molecule has 0 aliphatic carbocycles. The van der Waals surface area contributed by atoms with E-state index in [1.807, 2.05) is 6.08 Å². The minimum atomic E-state index is -0.842. The summed E-state index contributed by atoms with van der Waals surface area (Å²) in [5.41, 5.74) is 0. The maximum atomic E-state index is 12.5. The molecule has 0 bridgehead atoms. The number of carbonyl (C=O) groups excluding carboxylic acids is 2. The number of unbranched alkanes of at least 4 members (excludes halogenated alkanes) is 58. The molecule has 0 saturated heterocycles. The third kappa shape index (κ3) is 72.9. The van der Waals surface area contributed by atoms with Crippen LogP contribution in [-0.2, 0) is 14.3 Å². The van der Waals surface area contributed by atoms with Crippen LogP contribution in [-0.4, -0.2) is 47.4 Å². The van der Waals surface area contributed by atoms with Crippen molar-refractivity contribution in [1.82, 2.24) is 5.32 Å². The Kier molecular flexibility index (Phi) is 75.4. The number of aliphatic hydroxyl groups is 2. The largest absolute Gasteiger partial charge is 0.466 e. The van der Waals surface area contributed by atoms with Gasteiger partial charge >= 0.3 is 5.97 Å². The van der Waals surface area contributed by atoms with Crippen molar-refractivity contribution in [3.8, 4) is 0 Å². The zero-order valence-corrected chi connectivity index (χ0v) is 59.5. The molecule has 0 aromatic heterocycles. The highest BCUT2D eigenvalue weighted by Gasteiger charge is 2.18. The normalized spacial score (nSPS) is 12.7. The Balaban J connectivity index is 3.34. The van der Waals surface area contributed by atoms with Crippen LogP contribution in [0.25, 0.3) is 0 Å². The van der Waals surface area contributed by atoms with Gasteiger partial charge in [0, 0.05) is 12.8 Å². The van der Waals surface area contributed by atoms with Gasteiger partial charge in [0.05, 0.1) is 25.4 Å². The minimum Gasteiger partial charge on any atom is -0.466 e. The Bertz CT molecular complexity index is 1470. The van der Waals surface area contributed by atoms with Gasteiger partial charge in [-0.15, -0.1) is 0 Å². The summed E-state index contributed by atoms with van der Waals surface area (Å²) in [7, 11) is 0. The number of allylic oxidation sites excluding steroid dienone is 7. The van der Waals surface area contributed by atoms with Crippen molar-refractivity contribution < 1.29 is 24.5 Å². The second-order valence-corrected chi connectivity index (χ2v) is 27.4. The van der Waals surface area contributed by atoms with Crippen LogP contribution >= 0.6 is 0 Å². The number of hydrogen-bond donors (Lipinski definition) is 3. The summed E-state index contributed by atoms with van der Waals surface area (Å²) in [6.45, 7) is 4.92. The molecule has 0 aliphatic rings. The van der Waals surface area contributed by atoms with E-state index in [9.17, 15) is 19.8 Å². The number of rotatable bonds is 75. The number of esters is 1. The van der Waals surface area contributed by atoms with Crippen LogP contribution in [0.1, 0.15) is 438 Å². The number of ether oxygens (including phenoxy) is 1. The number of aliphatic hydroxyl groups excluding tert-OH is 2. The number of carbonyl (C=O) groups is 2. The first-order chi connectivity index (χ1) is 43.5. The summed E-state index contributed by atoms with van der Waals surface area (Å²) in [4.78, 5) is 24.6. The summed E-state index contributed by atoms with van der Waals surface area (Å²) in [6, 6.07) is -0.625. The molecule has 0 aliphatic heterocycles. The van der Waals surface area contributed by atoms with Crippen LogP contribution < -0.4 is 5.32 Å². The van der Waals surface area contributed by atoms with Gasteiger partial charge in [0.2, 0.25) is 5.91 Å². The number of nitrogens with one attached hydrogen (secondary N) is 1. The Labute approximate surface area is 550 Å². The number of hydrogen-bond acceptors (Lipinski definition) is 5. The van der Waals surface area contributed by atoms with E-state index >= 15 is 0 Å². The molecule has 2 unspecified atom stereocenters.